The molecule has 0 aliphatic carbocycles. The summed E-state index contributed by atoms with van der Waals surface area (Å²) in [6.45, 7) is 5.71. The summed E-state index contributed by atoms with van der Waals surface area (Å²) >= 11 is 0. The average Bonchev–Trinajstić information content (AvgIpc) is 3.05. The van der Waals surface area contributed by atoms with Gasteiger partial charge in [-0.3, -0.25) is 9.69 Å². The maximum atomic E-state index is 12.0. The average molecular weight is 336 g/mol. The molecule has 1 aromatic carbocycles. The lowest BCUT2D eigenvalue weighted by atomic mass is 10.0. The Bertz CT molecular complexity index is 570. The standard InChI is InChI=1S/C18H28N2O4/c1-13-11-14(17(24-4)15(12-13)23-3)16(18(21)22)19(2)9-10-20-7-5-6-8-20/h11-12,16H,5-10H2,1-4H3,(H,21,22)/t16-/m0/s1. The minimum atomic E-state index is -0.884. The molecule has 0 spiro atoms. The number of benzene rings is 1. The van der Waals surface area contributed by atoms with Crippen LogP contribution < -0.4 is 9.47 Å². The van der Waals surface area contributed by atoms with Crippen molar-refractivity contribution in [3.63, 3.8) is 0 Å². The first-order chi connectivity index (χ1) is 11.5. The lowest BCUT2D eigenvalue weighted by Gasteiger charge is -2.28. The molecule has 1 N–H and O–H groups in total. The summed E-state index contributed by atoms with van der Waals surface area (Å²) in [4.78, 5) is 16.2. The highest BCUT2D eigenvalue weighted by molar-refractivity contribution is 5.77. The van der Waals surface area contributed by atoms with Crippen LogP contribution in [0.5, 0.6) is 11.5 Å². The predicted octanol–water partition coefficient (Wildman–Crippen LogP) is 2.17. The number of carboxylic acids is 1. The summed E-state index contributed by atoms with van der Waals surface area (Å²) in [6, 6.07) is 2.95. The summed E-state index contributed by atoms with van der Waals surface area (Å²) in [5.41, 5.74) is 1.58. The molecule has 24 heavy (non-hydrogen) atoms. The van der Waals surface area contributed by atoms with Gasteiger partial charge < -0.3 is 19.5 Å². The lowest BCUT2D eigenvalue weighted by Crippen LogP contribution is -2.37. The molecule has 0 aromatic heterocycles. The normalized spacial score (nSPS) is 16.4. The van der Waals surface area contributed by atoms with Gasteiger partial charge in [0, 0.05) is 18.7 Å². The Balaban J connectivity index is 2.25. The summed E-state index contributed by atoms with van der Waals surface area (Å²) in [7, 11) is 4.96. The Morgan fingerprint density at radius 2 is 1.96 bits per heavy atom. The van der Waals surface area contributed by atoms with E-state index >= 15 is 0 Å². The van der Waals surface area contributed by atoms with Crippen molar-refractivity contribution in [1.82, 2.24) is 9.80 Å². The summed E-state index contributed by atoms with van der Waals surface area (Å²) in [5, 5.41) is 9.81. The van der Waals surface area contributed by atoms with E-state index in [1.807, 2.05) is 31.0 Å². The van der Waals surface area contributed by atoms with E-state index < -0.39 is 12.0 Å². The molecule has 134 valence electrons. The van der Waals surface area contributed by atoms with E-state index in [2.05, 4.69) is 4.90 Å². The van der Waals surface area contributed by atoms with Crippen molar-refractivity contribution < 1.29 is 19.4 Å². The van der Waals surface area contributed by atoms with Crippen LogP contribution in [0.2, 0.25) is 0 Å². The van der Waals surface area contributed by atoms with Gasteiger partial charge in [-0.1, -0.05) is 0 Å². The molecule has 1 aliphatic rings. The monoisotopic (exact) mass is 336 g/mol. The Morgan fingerprint density at radius 1 is 1.29 bits per heavy atom. The van der Waals surface area contributed by atoms with Gasteiger partial charge in [-0.2, -0.15) is 0 Å². The summed E-state index contributed by atoms with van der Waals surface area (Å²) in [5.74, 6) is 0.167. The highest BCUT2D eigenvalue weighted by atomic mass is 16.5. The van der Waals surface area contributed by atoms with Crippen LogP contribution in [0.3, 0.4) is 0 Å². The van der Waals surface area contributed by atoms with Crippen LogP contribution in [0.1, 0.15) is 30.0 Å². The fourth-order valence-corrected chi connectivity index (χ4v) is 3.33. The third kappa shape index (κ3) is 4.19. The fourth-order valence-electron chi connectivity index (χ4n) is 3.33. The molecule has 0 amide bonds. The second kappa shape index (κ2) is 8.35. The molecular formula is C18H28N2O4. The van der Waals surface area contributed by atoms with Gasteiger partial charge >= 0.3 is 5.97 Å². The molecule has 1 fully saturated rings. The van der Waals surface area contributed by atoms with Crippen LogP contribution in [0.4, 0.5) is 0 Å². The molecule has 1 heterocycles. The number of nitrogens with zero attached hydrogens (tertiary/aromatic N) is 2. The largest absolute Gasteiger partial charge is 0.493 e. The van der Waals surface area contributed by atoms with Crippen molar-refractivity contribution in [3.05, 3.63) is 23.3 Å². The third-order valence-electron chi connectivity index (χ3n) is 4.59. The molecule has 1 aromatic rings. The number of ether oxygens (including phenoxy) is 2. The van der Waals surface area contributed by atoms with E-state index in [0.29, 0.717) is 23.6 Å². The van der Waals surface area contributed by atoms with Gasteiger partial charge in [0.05, 0.1) is 14.2 Å². The molecular weight excluding hydrogens is 308 g/mol. The lowest BCUT2D eigenvalue weighted by molar-refractivity contribution is -0.143. The SMILES string of the molecule is COc1cc(C)cc([C@@H](C(=O)O)N(C)CCN2CCCC2)c1OC. The van der Waals surface area contributed by atoms with Crippen molar-refractivity contribution in [2.75, 3.05) is 47.4 Å². The van der Waals surface area contributed by atoms with Crippen LogP contribution in [0.25, 0.3) is 0 Å². The molecule has 1 atom stereocenters. The van der Waals surface area contributed by atoms with Gasteiger partial charge in [-0.05, 0) is 57.6 Å². The number of methoxy groups -OCH3 is 2. The molecule has 0 unspecified atom stereocenters. The van der Waals surface area contributed by atoms with Crippen LogP contribution in [0.15, 0.2) is 12.1 Å². The Labute approximate surface area is 144 Å². The molecule has 0 saturated carbocycles. The zero-order valence-corrected chi connectivity index (χ0v) is 15.0. The van der Waals surface area contributed by atoms with Gasteiger partial charge in [-0.25, -0.2) is 0 Å². The molecule has 2 rings (SSSR count). The first kappa shape index (κ1) is 18.5. The second-order valence-corrected chi connectivity index (χ2v) is 6.36. The number of hydrogen-bond donors (Lipinski definition) is 1. The molecule has 6 nitrogen and oxygen atoms in total. The Kier molecular flexibility index (Phi) is 6.45. The predicted molar refractivity (Wildman–Crippen MR) is 93.0 cm³/mol. The molecule has 0 bridgehead atoms. The number of aliphatic carboxylic acids is 1. The van der Waals surface area contributed by atoms with Crippen LogP contribution in [-0.4, -0.2) is 68.3 Å². The zero-order valence-electron chi connectivity index (χ0n) is 15.0. The van der Waals surface area contributed by atoms with E-state index in [9.17, 15) is 9.90 Å². The highest BCUT2D eigenvalue weighted by Crippen LogP contribution is 2.38. The van der Waals surface area contributed by atoms with Gasteiger partial charge in [0.1, 0.15) is 6.04 Å². The topological polar surface area (TPSA) is 62.2 Å². The summed E-state index contributed by atoms with van der Waals surface area (Å²) < 4.78 is 10.8. The minimum Gasteiger partial charge on any atom is -0.493 e. The number of carbonyl (C=O) groups is 1. The highest BCUT2D eigenvalue weighted by Gasteiger charge is 2.30. The van der Waals surface area contributed by atoms with Gasteiger partial charge in [0.15, 0.2) is 11.5 Å². The number of hydrogen-bond acceptors (Lipinski definition) is 5. The summed E-state index contributed by atoms with van der Waals surface area (Å²) in [6.07, 6.45) is 2.46. The first-order valence-electron chi connectivity index (χ1n) is 8.35. The second-order valence-electron chi connectivity index (χ2n) is 6.36. The number of carboxylic acid groups (broad SMARTS) is 1. The first-order valence-corrected chi connectivity index (χ1v) is 8.35. The van der Waals surface area contributed by atoms with E-state index in [1.165, 1.54) is 12.8 Å². The minimum absolute atomic E-state index is 0.489. The van der Waals surface area contributed by atoms with Crippen molar-refractivity contribution in [2.24, 2.45) is 0 Å². The van der Waals surface area contributed by atoms with Crippen molar-refractivity contribution >= 4 is 5.97 Å². The maximum Gasteiger partial charge on any atom is 0.325 e. The van der Waals surface area contributed by atoms with Crippen LogP contribution >= 0.6 is 0 Å². The van der Waals surface area contributed by atoms with Gasteiger partial charge in [0.2, 0.25) is 0 Å². The number of rotatable bonds is 8. The van der Waals surface area contributed by atoms with E-state index in [4.69, 9.17) is 9.47 Å². The smallest absolute Gasteiger partial charge is 0.325 e. The number of likely N-dealkylation sites (N-methyl/N-ethyl adjacent to an activating group) is 1. The van der Waals surface area contributed by atoms with Crippen LogP contribution in [-0.2, 0) is 4.79 Å². The zero-order chi connectivity index (χ0) is 17.7. The molecule has 0 radical (unpaired) electrons. The van der Waals surface area contributed by atoms with Crippen molar-refractivity contribution in [1.29, 1.82) is 0 Å². The number of aryl methyl sites for hydroxylation is 1. The van der Waals surface area contributed by atoms with Gasteiger partial charge in [0.25, 0.3) is 0 Å². The molecule has 6 heteroatoms. The Morgan fingerprint density at radius 3 is 2.50 bits per heavy atom. The molecule has 1 saturated heterocycles. The van der Waals surface area contributed by atoms with Gasteiger partial charge in [-0.15, -0.1) is 0 Å². The van der Waals surface area contributed by atoms with E-state index in [0.717, 1.165) is 25.2 Å². The van der Waals surface area contributed by atoms with Crippen LogP contribution in [0, 0.1) is 6.92 Å². The van der Waals surface area contributed by atoms with E-state index in [-0.39, 0.29) is 0 Å². The third-order valence-corrected chi connectivity index (χ3v) is 4.59. The molecule has 1 aliphatic heterocycles. The van der Waals surface area contributed by atoms with Crippen molar-refractivity contribution in [3.8, 4) is 11.5 Å². The quantitative estimate of drug-likeness (QED) is 0.785. The maximum absolute atomic E-state index is 12.0. The van der Waals surface area contributed by atoms with E-state index in [1.54, 1.807) is 14.2 Å². The number of likely N-dealkylation sites (tertiary alicyclic amines) is 1. The Hall–Kier alpha value is -1.79. The fraction of sp³-hybridized carbons (Fsp3) is 0.611. The van der Waals surface area contributed by atoms with Crippen molar-refractivity contribution in [2.45, 2.75) is 25.8 Å².